The van der Waals surface area contributed by atoms with Crippen molar-refractivity contribution in [1.82, 2.24) is 5.32 Å². The van der Waals surface area contributed by atoms with Crippen molar-refractivity contribution >= 4 is 11.9 Å². The molecule has 0 unspecified atom stereocenters. The van der Waals surface area contributed by atoms with Gasteiger partial charge in [0, 0.05) is 5.92 Å². The molecule has 0 aromatic heterocycles. The maximum Gasteiger partial charge on any atom is 0.328 e. The number of unbranched alkanes of at least 4 members (excludes halogenated alkanes) is 12. The van der Waals surface area contributed by atoms with Crippen molar-refractivity contribution < 1.29 is 14.3 Å². The Hall–Kier alpha value is -1.06. The van der Waals surface area contributed by atoms with Crippen LogP contribution < -0.4 is 5.32 Å². The van der Waals surface area contributed by atoms with E-state index in [2.05, 4.69) is 12.2 Å². The van der Waals surface area contributed by atoms with Crippen LogP contribution >= 0.6 is 0 Å². The number of carbonyl (C=O) groups is 2. The summed E-state index contributed by atoms with van der Waals surface area (Å²) in [6.45, 7) is 4.47. The predicted octanol–water partition coefficient (Wildman–Crippen LogP) is 6.71. The van der Waals surface area contributed by atoms with Crippen molar-refractivity contribution in [2.75, 3.05) is 6.61 Å². The zero-order valence-corrected chi connectivity index (χ0v) is 19.3. The largest absolute Gasteiger partial charge is 0.464 e. The molecule has 0 spiro atoms. The van der Waals surface area contributed by atoms with E-state index in [4.69, 9.17) is 4.74 Å². The highest BCUT2D eigenvalue weighted by molar-refractivity contribution is 5.85. The molecule has 0 heterocycles. The minimum absolute atomic E-state index is 0.0232. The van der Waals surface area contributed by atoms with E-state index in [0.29, 0.717) is 6.61 Å². The Balaban J connectivity index is 1.88. The maximum atomic E-state index is 12.2. The molecule has 1 aliphatic carbocycles. The molecule has 0 bridgehead atoms. The summed E-state index contributed by atoms with van der Waals surface area (Å²) in [7, 11) is 0. The number of hydrogen-bond donors (Lipinski definition) is 1. The molecule has 29 heavy (non-hydrogen) atoms. The fourth-order valence-corrected chi connectivity index (χ4v) is 4.17. The minimum atomic E-state index is -0.536. The Bertz CT molecular complexity index is 418. The average Bonchev–Trinajstić information content (AvgIpc) is 2.74. The second-order valence-electron chi connectivity index (χ2n) is 8.98. The lowest BCUT2D eigenvalue weighted by atomic mass is 9.88. The van der Waals surface area contributed by atoms with E-state index in [1.165, 1.54) is 77.0 Å². The molecule has 1 fully saturated rings. The van der Waals surface area contributed by atoms with Gasteiger partial charge in [-0.3, -0.25) is 4.79 Å². The molecule has 4 nitrogen and oxygen atoms in total. The maximum absolute atomic E-state index is 12.2. The monoisotopic (exact) mass is 409 g/mol. The molecular weight excluding hydrogens is 362 g/mol. The highest BCUT2D eigenvalue weighted by Crippen LogP contribution is 2.23. The summed E-state index contributed by atoms with van der Waals surface area (Å²) in [6, 6.07) is -0.536. The molecule has 170 valence electrons. The molecule has 4 heteroatoms. The standard InChI is InChI=1S/C25H47NO3/c1-3-4-5-6-7-8-9-10-11-12-13-14-18-21-29-25(28)22(2)26-24(27)23-19-16-15-17-20-23/h22-23H,3-21H2,1-2H3,(H,26,27)/t22-/m0/s1. The van der Waals surface area contributed by atoms with Gasteiger partial charge < -0.3 is 10.1 Å². The van der Waals surface area contributed by atoms with Crippen molar-refractivity contribution in [2.24, 2.45) is 5.92 Å². The third-order valence-electron chi connectivity index (χ3n) is 6.18. The number of ether oxygens (including phenoxy) is 1. The molecule has 1 amide bonds. The number of carbonyl (C=O) groups excluding carboxylic acids is 2. The van der Waals surface area contributed by atoms with Crippen LogP contribution in [0.1, 0.15) is 129 Å². The highest BCUT2D eigenvalue weighted by atomic mass is 16.5. The van der Waals surface area contributed by atoms with Crippen molar-refractivity contribution in [2.45, 2.75) is 135 Å². The Morgan fingerprint density at radius 1 is 0.793 bits per heavy atom. The summed E-state index contributed by atoms with van der Waals surface area (Å²) in [5.74, 6) is -0.191. The Morgan fingerprint density at radius 3 is 1.79 bits per heavy atom. The molecule has 0 radical (unpaired) electrons. The van der Waals surface area contributed by atoms with Gasteiger partial charge >= 0.3 is 5.97 Å². The van der Waals surface area contributed by atoms with Gasteiger partial charge in [0.25, 0.3) is 0 Å². The highest BCUT2D eigenvalue weighted by Gasteiger charge is 2.24. The summed E-state index contributed by atoms with van der Waals surface area (Å²) in [4.78, 5) is 24.2. The molecule has 0 aromatic carbocycles. The van der Waals surface area contributed by atoms with Gasteiger partial charge in [-0.25, -0.2) is 4.79 Å². The van der Waals surface area contributed by atoms with E-state index < -0.39 is 6.04 Å². The molecule has 1 atom stereocenters. The lowest BCUT2D eigenvalue weighted by molar-refractivity contribution is -0.148. The van der Waals surface area contributed by atoms with Crippen molar-refractivity contribution in [3.05, 3.63) is 0 Å². The first kappa shape index (κ1) is 26.0. The SMILES string of the molecule is CCCCCCCCCCCCCCCOC(=O)[C@H](C)NC(=O)C1CCCCC1. The number of nitrogens with one attached hydrogen (secondary N) is 1. The number of rotatable bonds is 17. The van der Waals surface area contributed by atoms with Gasteiger partial charge in [-0.05, 0) is 26.2 Å². The minimum Gasteiger partial charge on any atom is -0.464 e. The smallest absolute Gasteiger partial charge is 0.328 e. The van der Waals surface area contributed by atoms with Crippen LogP contribution in [0.2, 0.25) is 0 Å². The zero-order valence-electron chi connectivity index (χ0n) is 19.3. The number of hydrogen-bond acceptors (Lipinski definition) is 3. The summed E-state index contributed by atoms with van der Waals surface area (Å²) in [5.41, 5.74) is 0. The van der Waals surface area contributed by atoms with E-state index in [1.807, 2.05) is 0 Å². The van der Waals surface area contributed by atoms with Crippen LogP contribution in [0.3, 0.4) is 0 Å². The van der Waals surface area contributed by atoms with Gasteiger partial charge in [0.15, 0.2) is 0 Å². The van der Waals surface area contributed by atoms with Gasteiger partial charge in [0.05, 0.1) is 6.61 Å². The van der Waals surface area contributed by atoms with Gasteiger partial charge in [-0.1, -0.05) is 103 Å². The summed E-state index contributed by atoms with van der Waals surface area (Å²) >= 11 is 0. The van der Waals surface area contributed by atoms with E-state index in [1.54, 1.807) is 6.92 Å². The molecule has 1 N–H and O–H groups in total. The van der Waals surface area contributed by atoms with Crippen LogP contribution in [-0.2, 0) is 14.3 Å². The molecule has 1 aliphatic rings. The van der Waals surface area contributed by atoms with Crippen molar-refractivity contribution in [3.63, 3.8) is 0 Å². The molecular formula is C25H47NO3. The molecule has 0 saturated heterocycles. The molecule has 1 rings (SSSR count). The first-order chi connectivity index (χ1) is 14.1. The fraction of sp³-hybridized carbons (Fsp3) is 0.920. The average molecular weight is 410 g/mol. The second-order valence-corrected chi connectivity index (χ2v) is 8.98. The van der Waals surface area contributed by atoms with Crippen LogP contribution in [0.25, 0.3) is 0 Å². The number of amides is 1. The van der Waals surface area contributed by atoms with E-state index in [0.717, 1.165) is 38.5 Å². The Labute approximate surface area is 179 Å². The van der Waals surface area contributed by atoms with Crippen molar-refractivity contribution in [1.29, 1.82) is 0 Å². The topological polar surface area (TPSA) is 55.4 Å². The van der Waals surface area contributed by atoms with Gasteiger partial charge in [-0.2, -0.15) is 0 Å². The second kappa shape index (κ2) is 17.8. The molecule has 0 aliphatic heterocycles. The van der Waals surface area contributed by atoms with Gasteiger partial charge in [-0.15, -0.1) is 0 Å². The lowest BCUT2D eigenvalue weighted by Gasteiger charge is -2.22. The van der Waals surface area contributed by atoms with Crippen LogP contribution in [0.4, 0.5) is 0 Å². The van der Waals surface area contributed by atoms with Crippen LogP contribution in [0.15, 0.2) is 0 Å². The normalized spacial score (nSPS) is 15.8. The third-order valence-corrected chi connectivity index (χ3v) is 6.18. The summed E-state index contributed by atoms with van der Waals surface area (Å²) < 4.78 is 5.34. The number of esters is 1. The third kappa shape index (κ3) is 13.7. The zero-order chi connectivity index (χ0) is 21.2. The first-order valence-electron chi connectivity index (χ1n) is 12.6. The predicted molar refractivity (Wildman–Crippen MR) is 121 cm³/mol. The molecule has 0 aromatic rings. The first-order valence-corrected chi connectivity index (χ1v) is 12.6. The van der Waals surface area contributed by atoms with Crippen LogP contribution in [0, 0.1) is 5.92 Å². The van der Waals surface area contributed by atoms with Crippen LogP contribution in [-0.4, -0.2) is 24.5 Å². The Morgan fingerprint density at radius 2 is 1.28 bits per heavy atom. The Kier molecular flexibility index (Phi) is 15.9. The quantitative estimate of drug-likeness (QED) is 0.215. The van der Waals surface area contributed by atoms with Gasteiger partial charge in [0.1, 0.15) is 6.04 Å². The lowest BCUT2D eigenvalue weighted by Crippen LogP contribution is -2.43. The van der Waals surface area contributed by atoms with Crippen LogP contribution in [0.5, 0.6) is 0 Å². The summed E-state index contributed by atoms with van der Waals surface area (Å²) in [5, 5.41) is 2.84. The van der Waals surface area contributed by atoms with Crippen molar-refractivity contribution in [3.8, 4) is 0 Å². The fourth-order valence-electron chi connectivity index (χ4n) is 4.17. The van der Waals surface area contributed by atoms with Gasteiger partial charge in [0.2, 0.25) is 5.91 Å². The van der Waals surface area contributed by atoms with E-state index in [-0.39, 0.29) is 17.8 Å². The summed E-state index contributed by atoms with van der Waals surface area (Å²) in [6.07, 6.45) is 22.3. The van der Waals surface area contributed by atoms with E-state index >= 15 is 0 Å². The molecule has 1 saturated carbocycles. The van der Waals surface area contributed by atoms with E-state index in [9.17, 15) is 9.59 Å².